The molecule has 23 heavy (non-hydrogen) atoms. The van der Waals surface area contributed by atoms with E-state index in [9.17, 15) is 4.79 Å². The summed E-state index contributed by atoms with van der Waals surface area (Å²) in [6.45, 7) is 4.22. The molecule has 0 fully saturated rings. The largest absolute Gasteiger partial charge is 0.456 e. The van der Waals surface area contributed by atoms with Crippen molar-refractivity contribution in [1.29, 1.82) is 0 Å². The maximum Gasteiger partial charge on any atom is 0.355 e. The predicted molar refractivity (Wildman–Crippen MR) is 90.7 cm³/mol. The molecule has 3 aromatic rings. The van der Waals surface area contributed by atoms with E-state index in [1.54, 1.807) is 12.3 Å². The van der Waals surface area contributed by atoms with Gasteiger partial charge in [-0.25, -0.2) is 9.48 Å². The molecule has 2 aromatic heterocycles. The van der Waals surface area contributed by atoms with Gasteiger partial charge in [-0.05, 0) is 59.6 Å². The van der Waals surface area contributed by atoms with Gasteiger partial charge in [-0.3, -0.25) is 0 Å². The number of esters is 1. The number of hydrogen-bond acceptors (Lipinski definition) is 3. The van der Waals surface area contributed by atoms with Gasteiger partial charge in [0.2, 0.25) is 0 Å². The summed E-state index contributed by atoms with van der Waals surface area (Å²) in [5, 5.41) is 4.45. The molecule has 0 amide bonds. The standard InChI is InChI=1S/C17H16BrN3O2/c1-11-7-12(2)21(20-11)15-5-3-13(4-6-15)10-23-17(22)16-8-14(18)9-19-16/h3-9,19H,10H2,1-2H3. The smallest absolute Gasteiger partial charge is 0.355 e. The number of rotatable bonds is 4. The highest BCUT2D eigenvalue weighted by Crippen LogP contribution is 2.15. The van der Waals surface area contributed by atoms with Gasteiger partial charge in [0.15, 0.2) is 0 Å². The third-order valence-corrected chi connectivity index (χ3v) is 3.89. The van der Waals surface area contributed by atoms with Crippen LogP contribution in [0.5, 0.6) is 0 Å². The monoisotopic (exact) mass is 373 g/mol. The van der Waals surface area contributed by atoms with E-state index in [1.165, 1.54) is 0 Å². The van der Waals surface area contributed by atoms with E-state index in [1.807, 2.05) is 48.9 Å². The number of aromatic amines is 1. The third-order valence-electron chi connectivity index (χ3n) is 3.43. The van der Waals surface area contributed by atoms with Crippen LogP contribution in [0.25, 0.3) is 5.69 Å². The Morgan fingerprint density at radius 3 is 2.57 bits per heavy atom. The van der Waals surface area contributed by atoms with Crippen LogP contribution < -0.4 is 0 Å². The number of carbonyl (C=O) groups is 1. The van der Waals surface area contributed by atoms with Crippen LogP contribution in [0.2, 0.25) is 0 Å². The molecular weight excluding hydrogens is 358 g/mol. The van der Waals surface area contributed by atoms with E-state index < -0.39 is 0 Å². The van der Waals surface area contributed by atoms with E-state index in [0.717, 1.165) is 27.1 Å². The molecular formula is C17H16BrN3O2. The summed E-state index contributed by atoms with van der Waals surface area (Å²) in [7, 11) is 0. The lowest BCUT2D eigenvalue weighted by Crippen LogP contribution is -2.05. The van der Waals surface area contributed by atoms with Crippen LogP contribution in [0, 0.1) is 13.8 Å². The minimum atomic E-state index is -0.377. The van der Waals surface area contributed by atoms with Crippen molar-refractivity contribution in [2.24, 2.45) is 0 Å². The van der Waals surface area contributed by atoms with E-state index in [4.69, 9.17) is 4.74 Å². The molecule has 0 saturated carbocycles. The molecule has 6 heteroatoms. The lowest BCUT2D eigenvalue weighted by atomic mass is 10.2. The zero-order valence-electron chi connectivity index (χ0n) is 12.8. The van der Waals surface area contributed by atoms with Gasteiger partial charge in [0.05, 0.1) is 11.4 Å². The van der Waals surface area contributed by atoms with Crippen molar-refractivity contribution >= 4 is 21.9 Å². The van der Waals surface area contributed by atoms with Gasteiger partial charge in [0, 0.05) is 16.4 Å². The van der Waals surface area contributed by atoms with Gasteiger partial charge in [-0.1, -0.05) is 12.1 Å². The normalized spacial score (nSPS) is 10.7. The zero-order valence-corrected chi connectivity index (χ0v) is 14.4. The lowest BCUT2D eigenvalue weighted by Gasteiger charge is -2.07. The summed E-state index contributed by atoms with van der Waals surface area (Å²) in [4.78, 5) is 14.7. The quantitative estimate of drug-likeness (QED) is 0.704. The number of H-pyrrole nitrogens is 1. The first-order valence-electron chi connectivity index (χ1n) is 7.16. The molecule has 0 aliphatic rings. The van der Waals surface area contributed by atoms with Crippen molar-refractivity contribution in [3.05, 3.63) is 69.7 Å². The van der Waals surface area contributed by atoms with Crippen LogP contribution in [0.15, 0.2) is 47.1 Å². The number of carbonyl (C=O) groups excluding carboxylic acids is 1. The second-order valence-corrected chi connectivity index (χ2v) is 6.23. The van der Waals surface area contributed by atoms with Crippen LogP contribution in [-0.4, -0.2) is 20.7 Å². The first-order valence-corrected chi connectivity index (χ1v) is 7.96. The van der Waals surface area contributed by atoms with Crippen molar-refractivity contribution in [3.63, 3.8) is 0 Å². The van der Waals surface area contributed by atoms with Crippen molar-refractivity contribution < 1.29 is 9.53 Å². The molecule has 0 spiro atoms. The molecule has 0 aliphatic heterocycles. The molecule has 0 saturated heterocycles. The van der Waals surface area contributed by atoms with E-state index in [0.29, 0.717) is 5.69 Å². The van der Waals surface area contributed by atoms with Gasteiger partial charge in [0.25, 0.3) is 0 Å². The van der Waals surface area contributed by atoms with Gasteiger partial charge >= 0.3 is 5.97 Å². The summed E-state index contributed by atoms with van der Waals surface area (Å²) in [6, 6.07) is 11.5. The molecule has 118 valence electrons. The van der Waals surface area contributed by atoms with Crippen molar-refractivity contribution in [3.8, 4) is 5.69 Å². The molecule has 5 nitrogen and oxygen atoms in total. The second kappa shape index (κ2) is 6.42. The summed E-state index contributed by atoms with van der Waals surface area (Å²) < 4.78 is 8.00. The number of benzene rings is 1. The first kappa shape index (κ1) is 15.6. The summed E-state index contributed by atoms with van der Waals surface area (Å²) >= 11 is 3.29. The molecule has 0 aliphatic carbocycles. The summed E-state index contributed by atoms with van der Waals surface area (Å²) in [5.41, 5.74) is 4.40. The van der Waals surface area contributed by atoms with Crippen LogP contribution in [0.4, 0.5) is 0 Å². The van der Waals surface area contributed by atoms with Gasteiger partial charge in [-0.2, -0.15) is 5.10 Å². The lowest BCUT2D eigenvalue weighted by molar-refractivity contribution is 0.0466. The average Bonchev–Trinajstić information content (AvgIpc) is 3.11. The SMILES string of the molecule is Cc1cc(C)n(-c2ccc(COC(=O)c3cc(Br)c[nH]3)cc2)n1. The minimum Gasteiger partial charge on any atom is -0.456 e. The zero-order chi connectivity index (χ0) is 16.4. The summed E-state index contributed by atoms with van der Waals surface area (Å²) in [6.07, 6.45) is 1.69. The number of nitrogens with one attached hydrogen (secondary N) is 1. The van der Waals surface area contributed by atoms with Crippen LogP contribution >= 0.6 is 15.9 Å². The number of aromatic nitrogens is 3. The molecule has 3 rings (SSSR count). The van der Waals surface area contributed by atoms with E-state index in [-0.39, 0.29) is 12.6 Å². The second-order valence-electron chi connectivity index (χ2n) is 5.31. The molecule has 0 radical (unpaired) electrons. The number of aryl methyl sites for hydroxylation is 2. The first-order chi connectivity index (χ1) is 11.0. The Morgan fingerprint density at radius 2 is 2.00 bits per heavy atom. The number of halogens is 1. The predicted octanol–water partition coefficient (Wildman–Crippen LogP) is 3.94. The minimum absolute atomic E-state index is 0.229. The van der Waals surface area contributed by atoms with Crippen molar-refractivity contribution in [2.75, 3.05) is 0 Å². The Kier molecular flexibility index (Phi) is 4.34. The van der Waals surface area contributed by atoms with Gasteiger partial charge < -0.3 is 9.72 Å². The fourth-order valence-electron chi connectivity index (χ4n) is 2.34. The maximum atomic E-state index is 11.9. The summed E-state index contributed by atoms with van der Waals surface area (Å²) in [5.74, 6) is -0.377. The fraction of sp³-hybridized carbons (Fsp3) is 0.176. The highest BCUT2D eigenvalue weighted by Gasteiger charge is 2.10. The molecule has 1 aromatic carbocycles. The Labute approximate surface area is 142 Å². The highest BCUT2D eigenvalue weighted by molar-refractivity contribution is 9.10. The Balaban J connectivity index is 1.66. The van der Waals surface area contributed by atoms with Crippen molar-refractivity contribution in [1.82, 2.24) is 14.8 Å². The maximum absolute atomic E-state index is 11.9. The molecule has 0 bridgehead atoms. The van der Waals surface area contributed by atoms with Crippen LogP contribution in [-0.2, 0) is 11.3 Å². The van der Waals surface area contributed by atoms with Gasteiger partial charge in [0.1, 0.15) is 12.3 Å². The molecule has 0 atom stereocenters. The molecule has 1 N–H and O–H groups in total. The highest BCUT2D eigenvalue weighted by atomic mass is 79.9. The van der Waals surface area contributed by atoms with Gasteiger partial charge in [-0.15, -0.1) is 0 Å². The third kappa shape index (κ3) is 3.53. The van der Waals surface area contributed by atoms with Crippen molar-refractivity contribution in [2.45, 2.75) is 20.5 Å². The van der Waals surface area contributed by atoms with Crippen LogP contribution in [0.3, 0.4) is 0 Å². The fourth-order valence-corrected chi connectivity index (χ4v) is 2.68. The van der Waals surface area contributed by atoms with E-state index >= 15 is 0 Å². The Morgan fingerprint density at radius 1 is 1.26 bits per heavy atom. The average molecular weight is 374 g/mol. The molecule has 0 unspecified atom stereocenters. The Bertz CT molecular complexity index is 834. The number of hydrogen-bond donors (Lipinski definition) is 1. The van der Waals surface area contributed by atoms with Crippen LogP contribution in [0.1, 0.15) is 27.4 Å². The van der Waals surface area contributed by atoms with E-state index in [2.05, 4.69) is 26.0 Å². The number of ether oxygens (including phenoxy) is 1. The Hall–Kier alpha value is -2.34. The topological polar surface area (TPSA) is 59.9 Å². The molecule has 2 heterocycles. The number of nitrogens with zero attached hydrogens (tertiary/aromatic N) is 2.